The maximum atomic E-state index is 9.93. The molecule has 0 radical (unpaired) electrons. The summed E-state index contributed by atoms with van der Waals surface area (Å²) in [7, 11) is 1.79. The molecule has 0 aliphatic carbocycles. The highest BCUT2D eigenvalue weighted by molar-refractivity contribution is 5.95. The highest BCUT2D eigenvalue weighted by Crippen LogP contribution is 2.19. The minimum Gasteiger partial charge on any atom is -0.390 e. The minimum absolute atomic E-state index is 0.0521. The van der Waals surface area contributed by atoms with Crippen LogP contribution in [0.15, 0.2) is 24.3 Å². The molecule has 1 rings (SSSR count). The second-order valence-corrected chi connectivity index (χ2v) is 3.94. The molecule has 0 heterocycles. The molecule has 17 heavy (non-hydrogen) atoms. The molecule has 5 nitrogen and oxygen atoms in total. The van der Waals surface area contributed by atoms with Crippen molar-refractivity contribution in [2.24, 2.45) is 5.73 Å². The van der Waals surface area contributed by atoms with Crippen molar-refractivity contribution in [3.8, 4) is 0 Å². The van der Waals surface area contributed by atoms with Crippen LogP contribution in [0.25, 0.3) is 0 Å². The monoisotopic (exact) mass is 237 g/mol. The second kappa shape index (κ2) is 6.34. The minimum atomic E-state index is -0.956. The van der Waals surface area contributed by atoms with E-state index < -0.39 is 12.2 Å². The Bertz CT molecular complexity index is 382. The van der Waals surface area contributed by atoms with Gasteiger partial charge in [-0.3, -0.25) is 5.41 Å². The predicted octanol–water partition coefficient (Wildman–Crippen LogP) is -0.0255. The standard InChI is InChI=1S/C12H19N3O2/c1-15-6-5-10(16)11(17)8-3-2-4-9(7-8)12(13)14/h2-4,7,10-11,15-17H,5-6H2,1H3,(H3,13,14). The van der Waals surface area contributed by atoms with Gasteiger partial charge in [-0.25, -0.2) is 0 Å². The summed E-state index contributed by atoms with van der Waals surface area (Å²) in [5.41, 5.74) is 6.48. The smallest absolute Gasteiger partial charge is 0.122 e. The van der Waals surface area contributed by atoms with Crippen LogP contribution in [0.2, 0.25) is 0 Å². The molecule has 2 unspecified atom stereocenters. The molecule has 1 aromatic rings. The van der Waals surface area contributed by atoms with Gasteiger partial charge < -0.3 is 21.3 Å². The molecule has 6 N–H and O–H groups in total. The van der Waals surface area contributed by atoms with E-state index in [1.54, 1.807) is 31.3 Å². The molecule has 0 saturated carbocycles. The van der Waals surface area contributed by atoms with Crippen molar-refractivity contribution in [2.75, 3.05) is 13.6 Å². The zero-order valence-electron chi connectivity index (χ0n) is 9.85. The number of nitrogens with one attached hydrogen (secondary N) is 2. The first kappa shape index (κ1) is 13.6. The average molecular weight is 237 g/mol. The fourth-order valence-electron chi connectivity index (χ4n) is 1.56. The topological polar surface area (TPSA) is 102 Å². The summed E-state index contributed by atoms with van der Waals surface area (Å²) < 4.78 is 0. The van der Waals surface area contributed by atoms with Crippen LogP contribution in [0.5, 0.6) is 0 Å². The lowest BCUT2D eigenvalue weighted by Crippen LogP contribution is -2.23. The van der Waals surface area contributed by atoms with Gasteiger partial charge in [-0.2, -0.15) is 0 Å². The van der Waals surface area contributed by atoms with Crippen LogP contribution in [0.1, 0.15) is 23.7 Å². The Balaban J connectivity index is 2.77. The van der Waals surface area contributed by atoms with Crippen molar-refractivity contribution in [1.29, 1.82) is 5.41 Å². The van der Waals surface area contributed by atoms with Crippen molar-refractivity contribution in [3.05, 3.63) is 35.4 Å². The first-order valence-corrected chi connectivity index (χ1v) is 5.51. The third kappa shape index (κ3) is 3.81. The summed E-state index contributed by atoms with van der Waals surface area (Å²) in [5, 5.41) is 29.9. The normalized spacial score (nSPS) is 14.3. The van der Waals surface area contributed by atoms with Gasteiger partial charge in [-0.1, -0.05) is 18.2 Å². The highest BCUT2D eigenvalue weighted by Gasteiger charge is 2.18. The summed E-state index contributed by atoms with van der Waals surface area (Å²) in [6, 6.07) is 6.73. The lowest BCUT2D eigenvalue weighted by molar-refractivity contribution is 0.0140. The number of hydrogen-bond acceptors (Lipinski definition) is 4. The Morgan fingerprint density at radius 3 is 2.76 bits per heavy atom. The molecule has 0 aromatic heterocycles. The van der Waals surface area contributed by atoms with Crippen LogP contribution in [0.3, 0.4) is 0 Å². The fraction of sp³-hybridized carbons (Fsp3) is 0.417. The quantitative estimate of drug-likeness (QED) is 0.354. The maximum absolute atomic E-state index is 9.93. The molecule has 0 spiro atoms. The Morgan fingerprint density at radius 2 is 2.18 bits per heavy atom. The molecule has 0 bridgehead atoms. The van der Waals surface area contributed by atoms with Crippen molar-refractivity contribution < 1.29 is 10.2 Å². The summed E-state index contributed by atoms with van der Waals surface area (Å²) in [5.74, 6) is -0.0521. The number of amidine groups is 1. The van der Waals surface area contributed by atoms with Crippen molar-refractivity contribution in [3.63, 3.8) is 0 Å². The van der Waals surface area contributed by atoms with E-state index in [9.17, 15) is 10.2 Å². The van der Waals surface area contributed by atoms with Crippen LogP contribution in [-0.2, 0) is 0 Å². The van der Waals surface area contributed by atoms with E-state index in [1.807, 2.05) is 0 Å². The van der Waals surface area contributed by atoms with E-state index >= 15 is 0 Å². The zero-order valence-corrected chi connectivity index (χ0v) is 9.85. The van der Waals surface area contributed by atoms with Crippen LogP contribution in [0.4, 0.5) is 0 Å². The Kier molecular flexibility index (Phi) is 5.09. The molecule has 0 fully saturated rings. The lowest BCUT2D eigenvalue weighted by Gasteiger charge is -2.18. The van der Waals surface area contributed by atoms with E-state index in [0.29, 0.717) is 24.1 Å². The first-order chi connectivity index (χ1) is 8.06. The molecule has 0 aliphatic rings. The molecule has 94 valence electrons. The van der Waals surface area contributed by atoms with Gasteiger partial charge in [0.15, 0.2) is 0 Å². The number of nitrogens with two attached hydrogens (primary N) is 1. The van der Waals surface area contributed by atoms with Gasteiger partial charge in [0.1, 0.15) is 11.9 Å². The second-order valence-electron chi connectivity index (χ2n) is 3.94. The number of rotatable bonds is 6. The van der Waals surface area contributed by atoms with Gasteiger partial charge >= 0.3 is 0 Å². The van der Waals surface area contributed by atoms with E-state index in [1.165, 1.54) is 0 Å². The molecule has 0 amide bonds. The van der Waals surface area contributed by atoms with Gasteiger partial charge in [0.25, 0.3) is 0 Å². The largest absolute Gasteiger partial charge is 0.390 e. The Morgan fingerprint density at radius 1 is 1.47 bits per heavy atom. The zero-order chi connectivity index (χ0) is 12.8. The third-order valence-electron chi connectivity index (χ3n) is 2.59. The van der Waals surface area contributed by atoms with Crippen LogP contribution in [-0.4, -0.2) is 35.7 Å². The van der Waals surface area contributed by atoms with Gasteiger partial charge in [0, 0.05) is 5.56 Å². The maximum Gasteiger partial charge on any atom is 0.122 e. The Labute approximate surface area is 101 Å². The average Bonchev–Trinajstić information content (AvgIpc) is 2.35. The predicted molar refractivity (Wildman–Crippen MR) is 67.0 cm³/mol. The molecular weight excluding hydrogens is 218 g/mol. The summed E-state index contributed by atoms with van der Waals surface area (Å²) in [4.78, 5) is 0. The van der Waals surface area contributed by atoms with Gasteiger partial charge in [-0.15, -0.1) is 0 Å². The number of aliphatic hydroxyl groups excluding tert-OH is 2. The van der Waals surface area contributed by atoms with Crippen LogP contribution in [0, 0.1) is 5.41 Å². The number of nitrogen functional groups attached to an aromatic ring is 1. The SMILES string of the molecule is CNCCC(O)C(O)c1cccc(C(=N)N)c1. The van der Waals surface area contributed by atoms with Gasteiger partial charge in [0.05, 0.1) is 6.10 Å². The highest BCUT2D eigenvalue weighted by atomic mass is 16.3. The summed E-state index contributed by atoms with van der Waals surface area (Å²) in [6.07, 6.45) is -1.32. The Hall–Kier alpha value is -1.43. The third-order valence-corrected chi connectivity index (χ3v) is 2.59. The molecule has 5 heteroatoms. The molecular formula is C12H19N3O2. The number of aliphatic hydroxyl groups is 2. The van der Waals surface area contributed by atoms with E-state index in [2.05, 4.69) is 5.32 Å². The van der Waals surface area contributed by atoms with Crippen LogP contribution >= 0.6 is 0 Å². The van der Waals surface area contributed by atoms with Crippen molar-refractivity contribution >= 4 is 5.84 Å². The van der Waals surface area contributed by atoms with Crippen molar-refractivity contribution in [1.82, 2.24) is 5.32 Å². The first-order valence-electron chi connectivity index (χ1n) is 5.51. The summed E-state index contributed by atoms with van der Waals surface area (Å²) in [6.45, 7) is 0.630. The molecule has 0 aliphatic heterocycles. The fourth-order valence-corrected chi connectivity index (χ4v) is 1.56. The van der Waals surface area contributed by atoms with Crippen molar-refractivity contribution in [2.45, 2.75) is 18.6 Å². The number of hydrogen-bond donors (Lipinski definition) is 5. The number of benzene rings is 1. The van der Waals surface area contributed by atoms with E-state index in [0.717, 1.165) is 0 Å². The van der Waals surface area contributed by atoms with E-state index in [-0.39, 0.29) is 5.84 Å². The van der Waals surface area contributed by atoms with E-state index in [4.69, 9.17) is 11.1 Å². The summed E-state index contributed by atoms with van der Waals surface area (Å²) >= 11 is 0. The molecule has 1 aromatic carbocycles. The molecule has 2 atom stereocenters. The van der Waals surface area contributed by atoms with Gasteiger partial charge in [-0.05, 0) is 31.6 Å². The van der Waals surface area contributed by atoms with Gasteiger partial charge in [0.2, 0.25) is 0 Å². The lowest BCUT2D eigenvalue weighted by atomic mass is 10.00. The molecule has 0 saturated heterocycles. The van der Waals surface area contributed by atoms with Crippen LogP contribution < -0.4 is 11.1 Å².